The normalized spacial score (nSPS) is 26.9. The van der Waals surface area contributed by atoms with Crippen LogP contribution in [0, 0.1) is 11.3 Å². The molecule has 0 aromatic heterocycles. The molecule has 1 amide bonds. The molecular formula is C24H33F3N2O3. The van der Waals surface area contributed by atoms with Crippen LogP contribution in [-0.4, -0.2) is 49.0 Å². The average Bonchev–Trinajstić information content (AvgIpc) is 3.17. The molecule has 2 atom stereocenters. The zero-order chi connectivity index (χ0) is 22.9. The highest BCUT2D eigenvalue weighted by atomic mass is 19.4. The lowest BCUT2D eigenvalue weighted by Crippen LogP contribution is -2.48. The smallest absolute Gasteiger partial charge is 0.406 e. The third-order valence-electron chi connectivity index (χ3n) is 7.48. The molecule has 32 heavy (non-hydrogen) atoms. The summed E-state index contributed by atoms with van der Waals surface area (Å²) in [6.07, 6.45) is 0.540. The summed E-state index contributed by atoms with van der Waals surface area (Å²) in [6, 6.07) is 5.21. The summed E-state index contributed by atoms with van der Waals surface area (Å²) >= 11 is 0. The molecule has 1 aliphatic carbocycles. The number of nitrogens with zero attached hydrogens (tertiary/aromatic N) is 1. The Morgan fingerprint density at radius 2 is 1.94 bits per heavy atom. The van der Waals surface area contributed by atoms with Gasteiger partial charge in [-0.1, -0.05) is 19.9 Å². The molecule has 2 heterocycles. The molecular weight excluding hydrogens is 421 g/mol. The van der Waals surface area contributed by atoms with Crippen molar-refractivity contribution < 1.29 is 27.4 Å². The summed E-state index contributed by atoms with van der Waals surface area (Å²) in [4.78, 5) is 15.6. The first kappa shape index (κ1) is 23.4. The minimum absolute atomic E-state index is 0.136. The number of hydrogen-bond acceptors (Lipinski definition) is 4. The fourth-order valence-corrected chi connectivity index (χ4v) is 5.60. The standard InChI is InChI=1S/C24H33F3N2O3/c1-16(2)23(9-5-20(14-23)28-19-7-11-31-12-8-19)22(30)29-10-6-17-3-4-21(13-18(17)15-29)32-24(25,26)27/h3-4,13,16,19-20,28H,5-12,14-15H2,1-2H3/t20-,23+/m1/s1. The second-order valence-electron chi connectivity index (χ2n) is 9.76. The van der Waals surface area contributed by atoms with E-state index in [0.29, 0.717) is 31.6 Å². The Morgan fingerprint density at radius 1 is 1.19 bits per heavy atom. The number of carbonyl (C=O) groups excluding carboxylic acids is 1. The van der Waals surface area contributed by atoms with Gasteiger partial charge in [-0.3, -0.25) is 4.79 Å². The van der Waals surface area contributed by atoms with Gasteiger partial charge in [-0.2, -0.15) is 0 Å². The van der Waals surface area contributed by atoms with Crippen LogP contribution in [0.5, 0.6) is 5.75 Å². The highest BCUT2D eigenvalue weighted by Crippen LogP contribution is 2.47. The summed E-state index contributed by atoms with van der Waals surface area (Å²) in [5.41, 5.74) is 1.29. The van der Waals surface area contributed by atoms with E-state index in [1.807, 2.05) is 4.90 Å². The first-order valence-electron chi connectivity index (χ1n) is 11.7. The largest absolute Gasteiger partial charge is 0.573 e. The minimum atomic E-state index is -4.73. The van der Waals surface area contributed by atoms with Crippen LogP contribution < -0.4 is 10.1 Å². The second-order valence-corrected chi connectivity index (χ2v) is 9.76. The first-order valence-corrected chi connectivity index (χ1v) is 11.7. The molecule has 4 rings (SSSR count). The number of ether oxygens (including phenoxy) is 2. The Bertz CT molecular complexity index is 823. The molecule has 8 heteroatoms. The molecule has 0 unspecified atom stereocenters. The maximum Gasteiger partial charge on any atom is 0.573 e. The molecule has 0 spiro atoms. The number of carbonyl (C=O) groups is 1. The summed E-state index contributed by atoms with van der Waals surface area (Å²) in [5.74, 6) is 0.0973. The average molecular weight is 455 g/mol. The van der Waals surface area contributed by atoms with Crippen LogP contribution in [0.4, 0.5) is 13.2 Å². The van der Waals surface area contributed by atoms with E-state index in [2.05, 4.69) is 23.9 Å². The van der Waals surface area contributed by atoms with Crippen molar-refractivity contribution in [1.82, 2.24) is 10.2 Å². The Hall–Kier alpha value is -1.80. The van der Waals surface area contributed by atoms with Crippen molar-refractivity contribution in [3.05, 3.63) is 29.3 Å². The number of nitrogens with one attached hydrogen (secondary N) is 1. The van der Waals surface area contributed by atoms with Gasteiger partial charge >= 0.3 is 6.36 Å². The van der Waals surface area contributed by atoms with Gasteiger partial charge in [-0.25, -0.2) is 0 Å². The molecule has 0 bridgehead atoms. The van der Waals surface area contributed by atoms with Gasteiger partial charge in [0.2, 0.25) is 5.91 Å². The van der Waals surface area contributed by atoms with E-state index in [9.17, 15) is 18.0 Å². The lowest BCUT2D eigenvalue weighted by molar-refractivity contribution is -0.274. The number of fused-ring (bicyclic) bond motifs is 1. The molecule has 3 aliphatic rings. The summed E-state index contributed by atoms with van der Waals surface area (Å²) in [6.45, 7) is 6.72. The lowest BCUT2D eigenvalue weighted by Gasteiger charge is -2.40. The van der Waals surface area contributed by atoms with Gasteiger partial charge < -0.3 is 19.7 Å². The molecule has 1 saturated carbocycles. The third-order valence-corrected chi connectivity index (χ3v) is 7.48. The van der Waals surface area contributed by atoms with Gasteiger partial charge in [-0.15, -0.1) is 13.2 Å². The fourth-order valence-electron chi connectivity index (χ4n) is 5.60. The van der Waals surface area contributed by atoms with Gasteiger partial charge in [0.05, 0.1) is 5.41 Å². The molecule has 5 nitrogen and oxygen atoms in total. The molecule has 0 radical (unpaired) electrons. The molecule has 2 aliphatic heterocycles. The second kappa shape index (κ2) is 9.21. The number of amides is 1. The molecule has 1 aromatic carbocycles. The van der Waals surface area contributed by atoms with Crippen LogP contribution in [-0.2, 0) is 22.5 Å². The lowest BCUT2D eigenvalue weighted by atomic mass is 9.73. The van der Waals surface area contributed by atoms with Crippen molar-refractivity contribution in [3.63, 3.8) is 0 Å². The topological polar surface area (TPSA) is 50.8 Å². The number of alkyl halides is 3. The van der Waals surface area contributed by atoms with Gasteiger partial charge in [0.15, 0.2) is 0 Å². The maximum atomic E-state index is 13.8. The Balaban J connectivity index is 1.46. The SMILES string of the molecule is CC(C)[C@]1(C(=O)N2CCc3ccc(OC(F)(F)F)cc3C2)CC[C@@H](NC2CCOCC2)C1. The molecule has 1 saturated heterocycles. The van der Waals surface area contributed by atoms with Gasteiger partial charge in [0.25, 0.3) is 0 Å². The van der Waals surface area contributed by atoms with Gasteiger partial charge in [0, 0.05) is 38.4 Å². The summed E-state index contributed by atoms with van der Waals surface area (Å²) in [5, 5.41) is 3.76. The zero-order valence-electron chi connectivity index (χ0n) is 18.8. The van der Waals surface area contributed by atoms with E-state index in [-0.39, 0.29) is 17.6 Å². The molecule has 1 N–H and O–H groups in total. The van der Waals surface area contributed by atoms with Crippen molar-refractivity contribution >= 4 is 5.91 Å². The van der Waals surface area contributed by atoms with Crippen LogP contribution in [0.1, 0.15) is 57.1 Å². The van der Waals surface area contributed by atoms with Gasteiger partial charge in [-0.05, 0) is 67.7 Å². The van der Waals surface area contributed by atoms with E-state index in [1.165, 1.54) is 12.1 Å². The molecule has 1 aromatic rings. The monoisotopic (exact) mass is 454 g/mol. The fraction of sp³-hybridized carbons (Fsp3) is 0.708. The van der Waals surface area contributed by atoms with Crippen molar-refractivity contribution in [3.8, 4) is 5.75 Å². The van der Waals surface area contributed by atoms with Crippen LogP contribution in [0.3, 0.4) is 0 Å². The van der Waals surface area contributed by atoms with Crippen molar-refractivity contribution in [1.29, 1.82) is 0 Å². The number of rotatable bonds is 5. The van der Waals surface area contributed by atoms with E-state index < -0.39 is 11.8 Å². The predicted octanol–water partition coefficient (Wildman–Crippen LogP) is 4.43. The van der Waals surface area contributed by atoms with E-state index in [0.717, 1.165) is 56.4 Å². The Morgan fingerprint density at radius 3 is 2.62 bits per heavy atom. The van der Waals surface area contributed by atoms with E-state index >= 15 is 0 Å². The van der Waals surface area contributed by atoms with Gasteiger partial charge in [0.1, 0.15) is 5.75 Å². The number of hydrogen-bond donors (Lipinski definition) is 1. The zero-order valence-corrected chi connectivity index (χ0v) is 18.8. The van der Waals surface area contributed by atoms with Crippen molar-refractivity contribution in [2.24, 2.45) is 11.3 Å². The van der Waals surface area contributed by atoms with Crippen LogP contribution in [0.2, 0.25) is 0 Å². The van der Waals surface area contributed by atoms with E-state index in [1.54, 1.807) is 6.07 Å². The van der Waals surface area contributed by atoms with Crippen molar-refractivity contribution in [2.75, 3.05) is 19.8 Å². The molecule has 2 fully saturated rings. The first-order chi connectivity index (χ1) is 15.2. The van der Waals surface area contributed by atoms with Crippen LogP contribution >= 0.6 is 0 Å². The predicted molar refractivity (Wildman–Crippen MR) is 114 cm³/mol. The number of benzene rings is 1. The summed E-state index contributed by atoms with van der Waals surface area (Å²) in [7, 11) is 0. The quantitative estimate of drug-likeness (QED) is 0.715. The third kappa shape index (κ3) is 5.06. The Labute approximate surface area is 187 Å². The summed E-state index contributed by atoms with van der Waals surface area (Å²) < 4.78 is 47.4. The molecule has 178 valence electrons. The maximum absolute atomic E-state index is 13.8. The van der Waals surface area contributed by atoms with Crippen molar-refractivity contribution in [2.45, 2.75) is 77.4 Å². The Kier molecular flexibility index (Phi) is 6.73. The van der Waals surface area contributed by atoms with E-state index in [4.69, 9.17) is 4.74 Å². The van der Waals surface area contributed by atoms with Crippen LogP contribution in [0.25, 0.3) is 0 Å². The highest BCUT2D eigenvalue weighted by molar-refractivity contribution is 5.84. The number of halogens is 3. The van der Waals surface area contributed by atoms with Crippen LogP contribution in [0.15, 0.2) is 18.2 Å². The minimum Gasteiger partial charge on any atom is -0.406 e. The highest BCUT2D eigenvalue weighted by Gasteiger charge is 2.49.